The second-order valence-electron chi connectivity index (χ2n) is 5.54. The number of nitrogens with one attached hydrogen (secondary N) is 1. The summed E-state index contributed by atoms with van der Waals surface area (Å²) in [5.41, 5.74) is 0.656. The molecule has 0 aromatic heterocycles. The van der Waals surface area contributed by atoms with Crippen LogP contribution in [0.1, 0.15) is 26.2 Å². The lowest BCUT2D eigenvalue weighted by Gasteiger charge is -2.31. The minimum Gasteiger partial charge on any atom is -0.492 e. The summed E-state index contributed by atoms with van der Waals surface area (Å²) in [6.07, 6.45) is 2.60. The maximum absolute atomic E-state index is 12.2. The quantitative estimate of drug-likeness (QED) is 0.872. The predicted octanol–water partition coefficient (Wildman–Crippen LogP) is 3.37. The number of rotatable bonds is 5. The Hall–Kier alpha value is -1.46. The number of ether oxygens (including phenoxy) is 1. The summed E-state index contributed by atoms with van der Waals surface area (Å²) in [7, 11) is 0. The molecule has 0 unspecified atom stereocenters. The van der Waals surface area contributed by atoms with Gasteiger partial charge in [0.2, 0.25) is 0 Å². The molecule has 122 valence electrons. The first kappa shape index (κ1) is 16.9. The zero-order valence-corrected chi connectivity index (χ0v) is 13.6. The maximum atomic E-state index is 12.2. The average molecular weight is 327 g/mol. The zero-order chi connectivity index (χ0) is 15.9. The van der Waals surface area contributed by atoms with Gasteiger partial charge >= 0.3 is 6.03 Å². The molecule has 0 spiro atoms. The lowest BCUT2D eigenvalue weighted by molar-refractivity contribution is 0.143. The van der Waals surface area contributed by atoms with Gasteiger partial charge in [-0.3, -0.25) is 0 Å². The summed E-state index contributed by atoms with van der Waals surface area (Å²) in [4.78, 5) is 14.0. The summed E-state index contributed by atoms with van der Waals surface area (Å²) >= 11 is 6.15. The molecule has 1 aliphatic rings. The van der Waals surface area contributed by atoms with Crippen LogP contribution in [0.4, 0.5) is 10.5 Å². The topological polar surface area (TPSA) is 61.8 Å². The monoisotopic (exact) mass is 326 g/mol. The second-order valence-corrected chi connectivity index (χ2v) is 5.94. The van der Waals surface area contributed by atoms with Gasteiger partial charge < -0.3 is 20.1 Å². The number of aliphatic hydroxyl groups is 1. The highest BCUT2D eigenvalue weighted by Crippen LogP contribution is 2.28. The van der Waals surface area contributed by atoms with Crippen LogP contribution in [0.5, 0.6) is 5.75 Å². The number of amides is 2. The van der Waals surface area contributed by atoms with Crippen molar-refractivity contribution in [3.8, 4) is 5.75 Å². The summed E-state index contributed by atoms with van der Waals surface area (Å²) < 4.78 is 5.51. The smallest absolute Gasteiger partial charge is 0.321 e. The van der Waals surface area contributed by atoms with Gasteiger partial charge in [0, 0.05) is 25.4 Å². The van der Waals surface area contributed by atoms with Crippen LogP contribution in [0.2, 0.25) is 5.02 Å². The molecule has 22 heavy (non-hydrogen) atoms. The van der Waals surface area contributed by atoms with Crippen molar-refractivity contribution in [3.63, 3.8) is 0 Å². The van der Waals surface area contributed by atoms with Gasteiger partial charge in [0.25, 0.3) is 0 Å². The van der Waals surface area contributed by atoms with E-state index in [1.807, 2.05) is 6.92 Å². The van der Waals surface area contributed by atoms with Crippen molar-refractivity contribution in [3.05, 3.63) is 23.2 Å². The van der Waals surface area contributed by atoms with Crippen LogP contribution in [0, 0.1) is 5.92 Å². The molecule has 0 atom stereocenters. The number of hydrogen-bond acceptors (Lipinski definition) is 3. The van der Waals surface area contributed by atoms with E-state index < -0.39 is 0 Å². The fraction of sp³-hybridized carbons (Fsp3) is 0.562. The van der Waals surface area contributed by atoms with Crippen molar-refractivity contribution >= 4 is 23.3 Å². The molecule has 0 radical (unpaired) electrons. The van der Waals surface area contributed by atoms with Gasteiger partial charge in [-0.25, -0.2) is 4.79 Å². The van der Waals surface area contributed by atoms with Gasteiger partial charge in [-0.1, -0.05) is 18.5 Å². The Morgan fingerprint density at radius 2 is 2.18 bits per heavy atom. The predicted molar refractivity (Wildman–Crippen MR) is 87.6 cm³/mol. The first-order valence-electron chi connectivity index (χ1n) is 7.73. The maximum Gasteiger partial charge on any atom is 0.321 e. The zero-order valence-electron chi connectivity index (χ0n) is 12.8. The van der Waals surface area contributed by atoms with Crippen molar-refractivity contribution in [2.24, 2.45) is 5.92 Å². The molecule has 1 fully saturated rings. The van der Waals surface area contributed by atoms with E-state index in [0.717, 1.165) is 19.3 Å². The van der Waals surface area contributed by atoms with Crippen molar-refractivity contribution in [1.82, 2.24) is 4.90 Å². The Labute approximate surface area is 136 Å². The van der Waals surface area contributed by atoms with E-state index in [1.165, 1.54) is 0 Å². The molecular weight excluding hydrogens is 304 g/mol. The Morgan fingerprint density at radius 3 is 2.77 bits per heavy atom. The van der Waals surface area contributed by atoms with Crippen molar-refractivity contribution < 1.29 is 14.6 Å². The standard InChI is InChI=1S/C16H23ClN2O3/c1-2-9-22-15-4-3-13(10-14(15)17)18-16(21)19-7-5-12(11-20)6-8-19/h3-4,10,12,20H,2,5-9,11H2,1H3,(H,18,21). The number of urea groups is 1. The van der Waals surface area contributed by atoms with Crippen LogP contribution < -0.4 is 10.1 Å². The molecule has 1 saturated heterocycles. The first-order valence-corrected chi connectivity index (χ1v) is 8.11. The van der Waals surface area contributed by atoms with E-state index in [0.29, 0.717) is 42.1 Å². The highest BCUT2D eigenvalue weighted by molar-refractivity contribution is 6.32. The molecule has 2 rings (SSSR count). The lowest BCUT2D eigenvalue weighted by atomic mass is 9.98. The van der Waals surface area contributed by atoms with Gasteiger partial charge in [0.15, 0.2) is 0 Å². The van der Waals surface area contributed by atoms with E-state index in [4.69, 9.17) is 21.4 Å². The van der Waals surface area contributed by atoms with Crippen LogP contribution in [0.15, 0.2) is 18.2 Å². The minimum absolute atomic E-state index is 0.130. The van der Waals surface area contributed by atoms with Gasteiger partial charge in [-0.05, 0) is 43.4 Å². The number of halogens is 1. The number of likely N-dealkylation sites (tertiary alicyclic amines) is 1. The summed E-state index contributed by atoms with van der Waals surface area (Å²) in [6.45, 7) is 4.18. The molecule has 1 aromatic carbocycles. The lowest BCUT2D eigenvalue weighted by Crippen LogP contribution is -2.41. The third-order valence-electron chi connectivity index (χ3n) is 3.80. The molecular formula is C16H23ClN2O3. The number of carbonyl (C=O) groups is 1. The van der Waals surface area contributed by atoms with E-state index in [-0.39, 0.29) is 12.6 Å². The number of benzene rings is 1. The number of carbonyl (C=O) groups excluding carboxylic acids is 1. The van der Waals surface area contributed by atoms with Gasteiger partial charge in [-0.15, -0.1) is 0 Å². The Kier molecular flexibility index (Phi) is 6.34. The highest BCUT2D eigenvalue weighted by Gasteiger charge is 2.22. The van der Waals surface area contributed by atoms with Crippen molar-refractivity contribution in [2.75, 3.05) is 31.6 Å². The van der Waals surface area contributed by atoms with Gasteiger partial charge in [0.05, 0.1) is 11.6 Å². The molecule has 5 nitrogen and oxygen atoms in total. The largest absolute Gasteiger partial charge is 0.492 e. The molecule has 0 aliphatic carbocycles. The van der Waals surface area contributed by atoms with Gasteiger partial charge in [0.1, 0.15) is 5.75 Å². The van der Waals surface area contributed by atoms with Crippen LogP contribution in [-0.4, -0.2) is 42.3 Å². The highest BCUT2D eigenvalue weighted by atomic mass is 35.5. The van der Waals surface area contributed by atoms with Crippen LogP contribution in [0.25, 0.3) is 0 Å². The Balaban J connectivity index is 1.90. The number of aliphatic hydroxyl groups excluding tert-OH is 1. The molecule has 0 saturated carbocycles. The number of piperidine rings is 1. The Morgan fingerprint density at radius 1 is 1.45 bits per heavy atom. The molecule has 2 N–H and O–H groups in total. The molecule has 6 heteroatoms. The fourth-order valence-corrected chi connectivity index (χ4v) is 2.66. The van der Waals surface area contributed by atoms with Gasteiger partial charge in [-0.2, -0.15) is 0 Å². The fourth-order valence-electron chi connectivity index (χ4n) is 2.43. The summed E-state index contributed by atoms with van der Waals surface area (Å²) in [5.74, 6) is 0.943. The minimum atomic E-state index is -0.130. The average Bonchev–Trinajstić information content (AvgIpc) is 2.54. The normalized spacial score (nSPS) is 15.7. The summed E-state index contributed by atoms with van der Waals surface area (Å²) in [5, 5.41) is 12.5. The first-order chi connectivity index (χ1) is 10.6. The molecule has 0 bridgehead atoms. The summed E-state index contributed by atoms with van der Waals surface area (Å²) in [6, 6.07) is 5.13. The van der Waals surface area contributed by atoms with Crippen LogP contribution >= 0.6 is 11.6 Å². The molecule has 1 aliphatic heterocycles. The van der Waals surface area contributed by atoms with Crippen LogP contribution in [-0.2, 0) is 0 Å². The molecule has 1 heterocycles. The van der Waals surface area contributed by atoms with E-state index in [1.54, 1.807) is 23.1 Å². The number of hydrogen-bond donors (Lipinski definition) is 2. The van der Waals surface area contributed by atoms with E-state index in [2.05, 4.69) is 5.32 Å². The molecule has 1 aromatic rings. The third-order valence-corrected chi connectivity index (χ3v) is 4.10. The van der Waals surface area contributed by atoms with Crippen molar-refractivity contribution in [1.29, 1.82) is 0 Å². The third kappa shape index (κ3) is 4.52. The van der Waals surface area contributed by atoms with E-state index >= 15 is 0 Å². The second kappa shape index (κ2) is 8.25. The number of nitrogens with zero attached hydrogens (tertiary/aromatic N) is 1. The SMILES string of the molecule is CCCOc1ccc(NC(=O)N2CCC(CO)CC2)cc1Cl. The van der Waals surface area contributed by atoms with Crippen LogP contribution in [0.3, 0.4) is 0 Å². The van der Waals surface area contributed by atoms with Crippen molar-refractivity contribution in [2.45, 2.75) is 26.2 Å². The van der Waals surface area contributed by atoms with E-state index in [9.17, 15) is 4.79 Å². The molecule has 2 amide bonds. The number of anilines is 1. The Bertz CT molecular complexity index is 502.